The molecule has 1 aliphatic heterocycles. The minimum Gasteiger partial charge on any atom is -0.465 e. The minimum atomic E-state index is -0.415. The monoisotopic (exact) mass is 473 g/mol. The van der Waals surface area contributed by atoms with Gasteiger partial charge in [0, 0.05) is 37.0 Å². The second kappa shape index (κ2) is 10.2. The van der Waals surface area contributed by atoms with Crippen molar-refractivity contribution in [2.45, 2.75) is 59.3 Å². The van der Waals surface area contributed by atoms with Crippen LogP contribution in [0.25, 0.3) is 10.2 Å². The van der Waals surface area contributed by atoms with Crippen molar-refractivity contribution in [1.82, 2.24) is 20.2 Å². The van der Waals surface area contributed by atoms with E-state index in [9.17, 15) is 9.59 Å². The highest BCUT2D eigenvalue weighted by Gasteiger charge is 2.29. The van der Waals surface area contributed by atoms with Crippen LogP contribution in [0.3, 0.4) is 0 Å². The summed E-state index contributed by atoms with van der Waals surface area (Å²) in [7, 11) is 0. The third-order valence-electron chi connectivity index (χ3n) is 6.76. The topological polar surface area (TPSA) is 87.7 Å². The summed E-state index contributed by atoms with van der Waals surface area (Å²) in [5.41, 5.74) is 1.44. The Balaban J connectivity index is 1.54. The molecular formula is C24H35N5O3S. The third kappa shape index (κ3) is 5.08. The Hall–Kier alpha value is -2.42. The number of nitrogens with one attached hydrogen (secondary N) is 1. The van der Waals surface area contributed by atoms with Gasteiger partial charge in [0.1, 0.15) is 23.0 Å². The molecule has 0 saturated carbocycles. The number of thiophene rings is 1. The van der Waals surface area contributed by atoms with Crippen LogP contribution in [0, 0.1) is 5.92 Å². The number of aryl methyl sites for hydroxylation is 1. The van der Waals surface area contributed by atoms with Gasteiger partial charge in [-0.2, -0.15) is 0 Å². The van der Waals surface area contributed by atoms with E-state index in [0.29, 0.717) is 44.6 Å². The summed E-state index contributed by atoms with van der Waals surface area (Å²) in [6.45, 7) is 11.2. The minimum absolute atomic E-state index is 0.100. The van der Waals surface area contributed by atoms with Crippen molar-refractivity contribution in [1.29, 1.82) is 0 Å². The summed E-state index contributed by atoms with van der Waals surface area (Å²) in [5, 5.41) is 3.89. The molecule has 3 heterocycles. The molecule has 2 amide bonds. The third-order valence-corrected chi connectivity index (χ3v) is 7.91. The van der Waals surface area contributed by atoms with E-state index in [1.165, 1.54) is 22.2 Å². The summed E-state index contributed by atoms with van der Waals surface area (Å²) < 4.78 is 4.89. The lowest BCUT2D eigenvalue weighted by Gasteiger charge is -2.36. The van der Waals surface area contributed by atoms with Crippen LogP contribution in [0.4, 0.5) is 10.6 Å². The van der Waals surface area contributed by atoms with Crippen LogP contribution in [0.2, 0.25) is 0 Å². The van der Waals surface area contributed by atoms with Crippen molar-refractivity contribution in [2.24, 2.45) is 5.92 Å². The summed E-state index contributed by atoms with van der Waals surface area (Å²) in [6.07, 6.45) is 4.43. The summed E-state index contributed by atoms with van der Waals surface area (Å²) in [5.74, 6) is 2.56. The molecule has 180 valence electrons. The van der Waals surface area contributed by atoms with Crippen LogP contribution in [0.15, 0.2) is 0 Å². The average molecular weight is 474 g/mol. The van der Waals surface area contributed by atoms with Gasteiger partial charge in [-0.05, 0) is 44.1 Å². The maximum Gasteiger partial charge on any atom is 0.325 e. The molecule has 0 radical (unpaired) electrons. The largest absolute Gasteiger partial charge is 0.465 e. The number of carbonyl (C=O) groups is 2. The predicted molar refractivity (Wildman–Crippen MR) is 131 cm³/mol. The molecule has 4 rings (SSSR count). The van der Waals surface area contributed by atoms with Gasteiger partial charge in [0.25, 0.3) is 0 Å². The number of rotatable bonds is 6. The zero-order valence-electron chi connectivity index (χ0n) is 20.1. The van der Waals surface area contributed by atoms with E-state index in [1.54, 1.807) is 11.8 Å². The van der Waals surface area contributed by atoms with Crippen molar-refractivity contribution < 1.29 is 14.3 Å². The van der Waals surface area contributed by atoms with Crippen LogP contribution in [-0.2, 0) is 22.4 Å². The van der Waals surface area contributed by atoms with E-state index in [1.807, 2.05) is 11.3 Å². The number of aromatic nitrogens is 2. The number of piperazine rings is 1. The SMILES string of the molecule is CCOC(=O)CNC(=O)N1CCN(c2nc([C@H](C)CC)nc3sc4c(c23)CC[C@H](C)C4)CC1. The summed E-state index contributed by atoms with van der Waals surface area (Å²) in [6, 6.07) is -0.224. The van der Waals surface area contributed by atoms with E-state index in [0.717, 1.165) is 35.7 Å². The van der Waals surface area contributed by atoms with Crippen molar-refractivity contribution >= 4 is 39.4 Å². The van der Waals surface area contributed by atoms with Gasteiger partial charge in [0.2, 0.25) is 0 Å². The van der Waals surface area contributed by atoms with E-state index in [4.69, 9.17) is 14.7 Å². The number of nitrogens with zero attached hydrogens (tertiary/aromatic N) is 4. The molecule has 0 spiro atoms. The van der Waals surface area contributed by atoms with E-state index < -0.39 is 5.97 Å². The maximum atomic E-state index is 12.5. The second-order valence-corrected chi connectivity index (χ2v) is 10.3. The van der Waals surface area contributed by atoms with Gasteiger partial charge < -0.3 is 19.9 Å². The first-order chi connectivity index (χ1) is 15.9. The molecule has 2 atom stereocenters. The second-order valence-electron chi connectivity index (χ2n) is 9.18. The molecular weight excluding hydrogens is 438 g/mol. The number of amides is 2. The van der Waals surface area contributed by atoms with Gasteiger partial charge >= 0.3 is 12.0 Å². The number of fused-ring (bicyclic) bond motifs is 3. The fourth-order valence-electron chi connectivity index (χ4n) is 4.56. The van der Waals surface area contributed by atoms with Crippen molar-refractivity contribution in [3.8, 4) is 0 Å². The number of carbonyl (C=O) groups excluding carboxylic acids is 2. The number of hydrogen-bond donors (Lipinski definition) is 1. The molecule has 0 unspecified atom stereocenters. The molecule has 9 heteroatoms. The molecule has 0 bridgehead atoms. The molecule has 8 nitrogen and oxygen atoms in total. The molecule has 1 aliphatic carbocycles. The molecule has 2 aliphatic rings. The Morgan fingerprint density at radius 2 is 1.97 bits per heavy atom. The Morgan fingerprint density at radius 1 is 1.21 bits per heavy atom. The van der Waals surface area contributed by atoms with Crippen molar-refractivity contribution in [3.05, 3.63) is 16.3 Å². The molecule has 1 fully saturated rings. The molecule has 1 saturated heterocycles. The highest BCUT2D eigenvalue weighted by atomic mass is 32.1. The summed E-state index contributed by atoms with van der Waals surface area (Å²) >= 11 is 1.85. The van der Waals surface area contributed by atoms with Crippen molar-refractivity contribution in [3.63, 3.8) is 0 Å². The lowest BCUT2D eigenvalue weighted by atomic mass is 9.89. The average Bonchev–Trinajstić information content (AvgIpc) is 3.19. The molecule has 2 aromatic heterocycles. The van der Waals surface area contributed by atoms with Crippen LogP contribution in [0.1, 0.15) is 62.7 Å². The first-order valence-electron chi connectivity index (χ1n) is 12.2. The molecule has 2 aromatic rings. The molecule has 1 N–H and O–H groups in total. The standard InChI is InChI=1S/C24H35N5O3S/c1-5-16(4)21-26-22(20-17-8-7-15(3)13-18(17)33-23(20)27-21)28-9-11-29(12-10-28)24(31)25-14-19(30)32-6-2/h15-16H,5-14H2,1-4H3,(H,25,31)/t15-,16+/m0/s1. The Kier molecular flexibility index (Phi) is 7.36. The van der Waals surface area contributed by atoms with Gasteiger partial charge in [0.15, 0.2) is 0 Å². The van der Waals surface area contributed by atoms with Gasteiger partial charge in [-0.25, -0.2) is 14.8 Å². The van der Waals surface area contributed by atoms with Gasteiger partial charge in [-0.15, -0.1) is 11.3 Å². The number of anilines is 1. The normalized spacial score (nSPS) is 19.3. The smallest absolute Gasteiger partial charge is 0.325 e. The molecule has 0 aromatic carbocycles. The zero-order valence-corrected chi connectivity index (χ0v) is 21.0. The Morgan fingerprint density at radius 3 is 2.67 bits per heavy atom. The lowest BCUT2D eigenvalue weighted by molar-refractivity contribution is -0.141. The number of esters is 1. The van der Waals surface area contributed by atoms with Gasteiger partial charge in [0.05, 0.1) is 12.0 Å². The van der Waals surface area contributed by atoms with Crippen LogP contribution in [0.5, 0.6) is 0 Å². The van der Waals surface area contributed by atoms with Crippen LogP contribution < -0.4 is 10.2 Å². The first kappa shape index (κ1) is 23.7. The quantitative estimate of drug-likeness (QED) is 0.644. The number of urea groups is 1. The van der Waals surface area contributed by atoms with Crippen LogP contribution in [-0.4, -0.2) is 66.2 Å². The van der Waals surface area contributed by atoms with E-state index in [-0.39, 0.29) is 12.6 Å². The number of hydrogen-bond acceptors (Lipinski definition) is 7. The number of ether oxygens (including phenoxy) is 1. The van der Waals surface area contributed by atoms with E-state index in [2.05, 4.69) is 31.0 Å². The summed E-state index contributed by atoms with van der Waals surface area (Å²) in [4.78, 5) is 40.8. The maximum absolute atomic E-state index is 12.5. The van der Waals surface area contributed by atoms with Gasteiger partial charge in [-0.3, -0.25) is 4.79 Å². The van der Waals surface area contributed by atoms with Crippen LogP contribution >= 0.6 is 11.3 Å². The van der Waals surface area contributed by atoms with Gasteiger partial charge in [-0.1, -0.05) is 20.8 Å². The first-order valence-corrected chi connectivity index (χ1v) is 13.0. The highest BCUT2D eigenvalue weighted by molar-refractivity contribution is 7.19. The van der Waals surface area contributed by atoms with Crippen molar-refractivity contribution in [2.75, 3.05) is 44.2 Å². The lowest BCUT2D eigenvalue weighted by Crippen LogP contribution is -2.52. The predicted octanol–water partition coefficient (Wildman–Crippen LogP) is 3.72. The highest BCUT2D eigenvalue weighted by Crippen LogP contribution is 2.41. The fraction of sp³-hybridized carbons (Fsp3) is 0.667. The van der Waals surface area contributed by atoms with E-state index >= 15 is 0 Å². The molecule has 33 heavy (non-hydrogen) atoms. The fourth-order valence-corrected chi connectivity index (χ4v) is 5.95. The Bertz CT molecular complexity index is 1020. The zero-order chi connectivity index (χ0) is 23.5. The Labute approximate surface area is 199 Å².